The van der Waals surface area contributed by atoms with Gasteiger partial charge in [0.15, 0.2) is 0 Å². The predicted molar refractivity (Wildman–Crippen MR) is 199 cm³/mol. The van der Waals surface area contributed by atoms with E-state index in [1.807, 2.05) is 73.0 Å². The van der Waals surface area contributed by atoms with Crippen LogP contribution in [0.3, 0.4) is 0 Å². The maximum Gasteiger partial charge on any atom is 0.251 e. The van der Waals surface area contributed by atoms with Crippen LogP contribution in [0.1, 0.15) is 94.3 Å². The average Bonchev–Trinajstić information content (AvgIpc) is 4.09. The number of aromatic nitrogens is 2. The lowest BCUT2D eigenvalue weighted by molar-refractivity contribution is 0.0817. The van der Waals surface area contributed by atoms with E-state index in [-0.39, 0.29) is 11.1 Å². The molecule has 0 radical (unpaired) electrons. The zero-order chi connectivity index (χ0) is 34.8. The smallest absolute Gasteiger partial charge is 0.251 e. The number of Topliss-reactive ketones (excluding diaryl/α,β-unsaturated/α-hetero) is 2. The quantitative estimate of drug-likeness (QED) is 0.0983. The Morgan fingerprint density at radius 1 is 0.560 bits per heavy atom. The van der Waals surface area contributed by atoms with Gasteiger partial charge < -0.3 is 9.13 Å². The van der Waals surface area contributed by atoms with Crippen LogP contribution in [0.5, 0.6) is 0 Å². The lowest BCUT2D eigenvalue weighted by Gasteiger charge is -2.13. The van der Waals surface area contributed by atoms with Crippen LogP contribution in [0.4, 0.5) is 0 Å². The van der Waals surface area contributed by atoms with Crippen LogP contribution in [0.25, 0.3) is 21.8 Å². The fraction of sp³-hybridized carbons (Fsp3) is 0.227. The van der Waals surface area contributed by atoms with Crippen molar-refractivity contribution < 1.29 is 9.59 Å². The van der Waals surface area contributed by atoms with Crippen LogP contribution in [0.2, 0.25) is 0 Å². The first-order chi connectivity index (χ1) is 24.4. The third-order valence-electron chi connectivity index (χ3n) is 9.58. The number of fused-ring (bicyclic) bond motifs is 2. The van der Waals surface area contributed by atoms with Crippen molar-refractivity contribution in [1.82, 2.24) is 9.13 Å². The third kappa shape index (κ3) is 6.73. The summed E-state index contributed by atoms with van der Waals surface area (Å²) >= 11 is 0. The van der Waals surface area contributed by atoms with Gasteiger partial charge in [0, 0.05) is 58.2 Å². The molecule has 0 N–H and O–H groups in total. The standard InChI is InChI=1S/C22H19NO3.C22H19NO/c1-2-23-19-11-10-16(22(26)21(25)15-6-4-3-5-7-15)12-18(19)17(13-20(23)24)14-8-9-14;1-2-23-21-13-10-17(9-8-16-6-4-3-5-7-16)14-20(21)19(15-22(23)24)18-11-12-18/h3-7,10-14H,2,8-9H2,1H3;3-7,10,13-15,18H,2,11-12H2,1H3. The van der Waals surface area contributed by atoms with E-state index in [1.54, 1.807) is 53.1 Å². The molecule has 0 bridgehead atoms. The molecule has 0 aliphatic heterocycles. The molecule has 2 fully saturated rings. The molecule has 6 aromatic rings. The number of pyridine rings is 2. The Labute approximate surface area is 291 Å². The first kappa shape index (κ1) is 32.7. The lowest BCUT2D eigenvalue weighted by atomic mass is 9.97. The second-order valence-corrected chi connectivity index (χ2v) is 13.0. The molecule has 6 nitrogen and oxygen atoms in total. The highest BCUT2D eigenvalue weighted by molar-refractivity contribution is 6.49. The van der Waals surface area contributed by atoms with Crippen molar-refractivity contribution >= 4 is 33.4 Å². The van der Waals surface area contributed by atoms with Crippen LogP contribution >= 0.6 is 0 Å². The number of nitrogens with zero attached hydrogens (tertiary/aromatic N) is 2. The third-order valence-corrected chi connectivity index (χ3v) is 9.58. The van der Waals surface area contributed by atoms with Gasteiger partial charge >= 0.3 is 0 Å². The van der Waals surface area contributed by atoms with Crippen molar-refractivity contribution in [2.24, 2.45) is 0 Å². The lowest BCUT2D eigenvalue weighted by Crippen LogP contribution is -2.20. The van der Waals surface area contributed by atoms with Gasteiger partial charge in [-0.25, -0.2) is 0 Å². The number of benzene rings is 4. The van der Waals surface area contributed by atoms with Gasteiger partial charge in [0.1, 0.15) is 0 Å². The van der Waals surface area contributed by atoms with E-state index >= 15 is 0 Å². The van der Waals surface area contributed by atoms with Crippen molar-refractivity contribution in [2.75, 3.05) is 0 Å². The number of aryl methyl sites for hydroxylation is 2. The summed E-state index contributed by atoms with van der Waals surface area (Å²) in [5.74, 6) is 6.36. The Morgan fingerprint density at radius 3 is 1.58 bits per heavy atom. The zero-order valence-electron chi connectivity index (χ0n) is 28.3. The maximum atomic E-state index is 12.7. The fourth-order valence-corrected chi connectivity index (χ4v) is 6.67. The largest absolute Gasteiger partial charge is 0.309 e. The molecule has 4 aromatic carbocycles. The van der Waals surface area contributed by atoms with Gasteiger partial charge in [-0.3, -0.25) is 19.2 Å². The highest BCUT2D eigenvalue weighted by Gasteiger charge is 2.28. The van der Waals surface area contributed by atoms with Gasteiger partial charge in [0.25, 0.3) is 11.1 Å². The first-order valence-corrected chi connectivity index (χ1v) is 17.4. The Balaban J connectivity index is 0.000000157. The van der Waals surface area contributed by atoms with E-state index in [1.165, 1.54) is 23.8 Å². The molecule has 0 unspecified atom stereocenters. The van der Waals surface area contributed by atoms with Crippen molar-refractivity contribution in [1.29, 1.82) is 0 Å². The van der Waals surface area contributed by atoms with Crippen molar-refractivity contribution in [3.8, 4) is 11.8 Å². The van der Waals surface area contributed by atoms with Crippen LogP contribution in [-0.2, 0) is 13.1 Å². The SMILES string of the molecule is CCn1c(=O)cc(C2CC2)c2cc(C#Cc3ccccc3)ccc21.CCn1c(=O)cc(C2CC2)c2cc(C(=O)C(=O)c3ccccc3)ccc21. The molecule has 2 aliphatic rings. The molecule has 0 atom stereocenters. The van der Waals surface area contributed by atoms with Crippen LogP contribution in [-0.4, -0.2) is 20.7 Å². The van der Waals surface area contributed by atoms with Crippen LogP contribution < -0.4 is 11.1 Å². The van der Waals surface area contributed by atoms with Crippen LogP contribution in [0.15, 0.2) is 119 Å². The van der Waals surface area contributed by atoms with E-state index in [0.29, 0.717) is 36.1 Å². The summed E-state index contributed by atoms with van der Waals surface area (Å²) in [6.07, 6.45) is 4.49. The van der Waals surface area contributed by atoms with E-state index in [9.17, 15) is 19.2 Å². The van der Waals surface area contributed by atoms with Crippen molar-refractivity contribution in [2.45, 2.75) is 64.5 Å². The Morgan fingerprint density at radius 2 is 1.04 bits per heavy atom. The molecular formula is C44H38N2O4. The highest BCUT2D eigenvalue weighted by atomic mass is 16.2. The molecule has 2 aromatic heterocycles. The van der Waals surface area contributed by atoms with E-state index in [2.05, 4.69) is 17.9 Å². The molecule has 8 rings (SSSR count). The van der Waals surface area contributed by atoms with Gasteiger partial charge in [0.05, 0.1) is 11.0 Å². The van der Waals surface area contributed by atoms with Gasteiger partial charge in [-0.2, -0.15) is 0 Å². The summed E-state index contributed by atoms with van der Waals surface area (Å²) in [7, 11) is 0. The molecule has 0 amide bonds. The minimum absolute atomic E-state index is 0.0126. The number of carbonyl (C=O) groups is 2. The molecule has 2 heterocycles. The number of hydrogen-bond donors (Lipinski definition) is 0. The number of hydrogen-bond acceptors (Lipinski definition) is 4. The van der Waals surface area contributed by atoms with E-state index < -0.39 is 11.6 Å². The van der Waals surface area contributed by atoms with Gasteiger partial charge in [-0.05, 0) is 111 Å². The summed E-state index contributed by atoms with van der Waals surface area (Å²) in [4.78, 5) is 49.9. The van der Waals surface area contributed by atoms with Gasteiger partial charge in [-0.15, -0.1) is 0 Å². The predicted octanol–water partition coefficient (Wildman–Crippen LogP) is 8.26. The number of rotatable bonds is 7. The molecular weight excluding hydrogens is 620 g/mol. The van der Waals surface area contributed by atoms with Crippen molar-refractivity contribution in [3.63, 3.8) is 0 Å². The molecule has 0 saturated heterocycles. The monoisotopic (exact) mass is 658 g/mol. The second-order valence-electron chi connectivity index (χ2n) is 13.0. The normalized spacial score (nSPS) is 13.6. The first-order valence-electron chi connectivity index (χ1n) is 17.4. The minimum Gasteiger partial charge on any atom is -0.309 e. The van der Waals surface area contributed by atoms with Gasteiger partial charge in [0.2, 0.25) is 11.6 Å². The summed E-state index contributed by atoms with van der Waals surface area (Å²) < 4.78 is 3.55. The second kappa shape index (κ2) is 14.0. The average molecular weight is 659 g/mol. The molecule has 2 saturated carbocycles. The summed E-state index contributed by atoms with van der Waals surface area (Å²) in [6.45, 7) is 5.20. The maximum absolute atomic E-state index is 12.7. The molecule has 2 aliphatic carbocycles. The Kier molecular flexibility index (Phi) is 9.15. The Hall–Kier alpha value is -5.80. The number of carbonyl (C=O) groups excluding carboxylic acids is 2. The fourth-order valence-electron chi connectivity index (χ4n) is 6.67. The molecule has 6 heteroatoms. The Bertz CT molecular complexity index is 2440. The summed E-state index contributed by atoms with van der Waals surface area (Å²) in [5.41, 5.74) is 6.90. The molecule has 248 valence electrons. The topological polar surface area (TPSA) is 78.1 Å². The molecule has 50 heavy (non-hydrogen) atoms. The van der Waals surface area contributed by atoms with E-state index in [0.717, 1.165) is 46.0 Å². The van der Waals surface area contributed by atoms with Crippen molar-refractivity contribution in [3.05, 3.63) is 163 Å². The summed E-state index contributed by atoms with van der Waals surface area (Å²) in [5, 5.41) is 2.08. The van der Waals surface area contributed by atoms with Crippen LogP contribution in [0, 0.1) is 11.8 Å². The molecule has 0 spiro atoms. The highest BCUT2D eigenvalue weighted by Crippen LogP contribution is 2.43. The minimum atomic E-state index is -0.519. The summed E-state index contributed by atoms with van der Waals surface area (Å²) in [6, 6.07) is 33.5. The van der Waals surface area contributed by atoms with E-state index in [4.69, 9.17) is 0 Å². The van der Waals surface area contributed by atoms with Gasteiger partial charge in [-0.1, -0.05) is 60.4 Å². The number of ketones is 2. The zero-order valence-corrected chi connectivity index (χ0v) is 28.3.